The minimum absolute atomic E-state index is 0.0682. The van der Waals surface area contributed by atoms with Crippen molar-refractivity contribution in [2.45, 2.75) is 31.7 Å². The van der Waals surface area contributed by atoms with Crippen molar-refractivity contribution in [3.63, 3.8) is 0 Å². The van der Waals surface area contributed by atoms with Gasteiger partial charge in [0.25, 0.3) is 5.91 Å². The second-order valence-corrected chi connectivity index (χ2v) is 9.29. The topological polar surface area (TPSA) is 79.4 Å². The standard InChI is InChI=1S/C19H20ClN3O3S/c1-27(25,26)22-17-4-2-3-15-16(17)10-21-11-18(15)23-8-7-12-9-13(20)5-6-14(12)19(23)24/h5-6,9-11,17,22H,2-4,7-8H2,1H3. The zero-order chi connectivity index (χ0) is 19.2. The van der Waals surface area contributed by atoms with Gasteiger partial charge in [0.15, 0.2) is 0 Å². The molecule has 0 bridgehead atoms. The van der Waals surface area contributed by atoms with Crippen LogP contribution in [0.3, 0.4) is 0 Å². The van der Waals surface area contributed by atoms with E-state index in [4.69, 9.17) is 11.6 Å². The number of halogens is 1. The molecule has 142 valence electrons. The van der Waals surface area contributed by atoms with Crippen molar-refractivity contribution in [1.29, 1.82) is 0 Å². The average Bonchev–Trinajstić information content (AvgIpc) is 2.61. The van der Waals surface area contributed by atoms with E-state index < -0.39 is 10.0 Å². The van der Waals surface area contributed by atoms with E-state index >= 15 is 0 Å². The summed E-state index contributed by atoms with van der Waals surface area (Å²) in [6, 6.07) is 5.04. The predicted octanol–water partition coefficient (Wildman–Crippen LogP) is 2.86. The molecule has 2 aromatic rings. The summed E-state index contributed by atoms with van der Waals surface area (Å²) in [6.45, 7) is 0.550. The minimum Gasteiger partial charge on any atom is -0.306 e. The number of hydrogen-bond donors (Lipinski definition) is 1. The number of nitrogens with one attached hydrogen (secondary N) is 1. The second-order valence-electron chi connectivity index (χ2n) is 7.07. The number of rotatable bonds is 3. The van der Waals surface area contributed by atoms with E-state index in [1.165, 1.54) is 0 Å². The van der Waals surface area contributed by atoms with Gasteiger partial charge in [-0.25, -0.2) is 13.1 Å². The maximum absolute atomic E-state index is 13.1. The third-order valence-electron chi connectivity index (χ3n) is 5.16. The molecule has 0 saturated heterocycles. The predicted molar refractivity (Wildman–Crippen MR) is 105 cm³/mol. The Morgan fingerprint density at radius 2 is 2.07 bits per heavy atom. The summed E-state index contributed by atoms with van der Waals surface area (Å²) in [5.41, 5.74) is 4.25. The van der Waals surface area contributed by atoms with Crippen LogP contribution < -0.4 is 9.62 Å². The van der Waals surface area contributed by atoms with Gasteiger partial charge in [0, 0.05) is 29.4 Å². The van der Waals surface area contributed by atoms with Crippen molar-refractivity contribution in [3.8, 4) is 0 Å². The van der Waals surface area contributed by atoms with Crippen LogP contribution in [0.4, 0.5) is 5.69 Å². The van der Waals surface area contributed by atoms with Crippen LogP contribution in [0.2, 0.25) is 5.02 Å². The number of amides is 1. The van der Waals surface area contributed by atoms with Crippen molar-refractivity contribution in [2.24, 2.45) is 0 Å². The number of fused-ring (bicyclic) bond motifs is 2. The number of anilines is 1. The van der Waals surface area contributed by atoms with Crippen LogP contribution in [0.1, 0.15) is 45.9 Å². The van der Waals surface area contributed by atoms with E-state index in [9.17, 15) is 13.2 Å². The van der Waals surface area contributed by atoms with Gasteiger partial charge in [0.2, 0.25) is 10.0 Å². The molecule has 1 unspecified atom stereocenters. The summed E-state index contributed by atoms with van der Waals surface area (Å²) in [5, 5.41) is 0.628. The third-order valence-corrected chi connectivity index (χ3v) is 6.11. The summed E-state index contributed by atoms with van der Waals surface area (Å²) in [5.74, 6) is -0.0682. The number of benzene rings is 1. The zero-order valence-electron chi connectivity index (χ0n) is 14.9. The quantitative estimate of drug-likeness (QED) is 0.851. The van der Waals surface area contributed by atoms with Gasteiger partial charge in [-0.05, 0) is 60.6 Å². The third kappa shape index (κ3) is 3.59. The van der Waals surface area contributed by atoms with Gasteiger partial charge in [-0.15, -0.1) is 0 Å². The molecule has 27 heavy (non-hydrogen) atoms. The molecule has 1 aromatic carbocycles. The number of aromatic nitrogens is 1. The lowest BCUT2D eigenvalue weighted by molar-refractivity contribution is 0.0980. The Bertz CT molecular complexity index is 1020. The summed E-state index contributed by atoms with van der Waals surface area (Å²) in [7, 11) is -3.33. The molecular formula is C19H20ClN3O3S. The van der Waals surface area contributed by atoms with Crippen molar-refractivity contribution < 1.29 is 13.2 Å². The lowest BCUT2D eigenvalue weighted by Crippen LogP contribution is -2.39. The zero-order valence-corrected chi connectivity index (χ0v) is 16.5. The number of hydrogen-bond acceptors (Lipinski definition) is 4. The molecule has 1 N–H and O–H groups in total. The van der Waals surface area contributed by atoms with Crippen molar-refractivity contribution in [2.75, 3.05) is 17.7 Å². The van der Waals surface area contributed by atoms with Gasteiger partial charge >= 0.3 is 0 Å². The van der Waals surface area contributed by atoms with E-state index in [2.05, 4.69) is 9.71 Å². The molecule has 1 aliphatic heterocycles. The molecule has 1 atom stereocenters. The van der Waals surface area contributed by atoms with Gasteiger partial charge in [-0.3, -0.25) is 9.78 Å². The van der Waals surface area contributed by atoms with Crippen LogP contribution in [0.15, 0.2) is 30.6 Å². The molecular weight excluding hydrogens is 386 g/mol. The van der Waals surface area contributed by atoms with E-state index in [-0.39, 0.29) is 11.9 Å². The average molecular weight is 406 g/mol. The molecule has 0 fully saturated rings. The van der Waals surface area contributed by atoms with Crippen LogP contribution in [-0.4, -0.2) is 32.1 Å². The molecule has 1 aliphatic carbocycles. The monoisotopic (exact) mass is 405 g/mol. The summed E-state index contributed by atoms with van der Waals surface area (Å²) in [4.78, 5) is 19.1. The van der Waals surface area contributed by atoms with Crippen LogP contribution in [0, 0.1) is 0 Å². The van der Waals surface area contributed by atoms with E-state index in [0.717, 1.165) is 54.3 Å². The van der Waals surface area contributed by atoms with Crippen molar-refractivity contribution in [3.05, 3.63) is 57.9 Å². The Kier molecular flexibility index (Phi) is 4.70. The summed E-state index contributed by atoms with van der Waals surface area (Å²) in [6.07, 6.45) is 7.67. The summed E-state index contributed by atoms with van der Waals surface area (Å²) < 4.78 is 26.1. The fourth-order valence-electron chi connectivity index (χ4n) is 4.00. The lowest BCUT2D eigenvalue weighted by Gasteiger charge is -2.33. The Morgan fingerprint density at radius 1 is 1.26 bits per heavy atom. The highest BCUT2D eigenvalue weighted by Gasteiger charge is 2.31. The Hall–Kier alpha value is -1.96. The van der Waals surface area contributed by atoms with Crippen molar-refractivity contribution in [1.82, 2.24) is 9.71 Å². The molecule has 0 radical (unpaired) electrons. The molecule has 0 saturated carbocycles. The van der Waals surface area contributed by atoms with Gasteiger partial charge in [0.1, 0.15) is 0 Å². The van der Waals surface area contributed by atoms with Crippen LogP contribution >= 0.6 is 11.6 Å². The smallest absolute Gasteiger partial charge is 0.258 e. The van der Waals surface area contributed by atoms with E-state index in [0.29, 0.717) is 17.1 Å². The number of nitrogens with zero attached hydrogens (tertiary/aromatic N) is 2. The number of pyridine rings is 1. The van der Waals surface area contributed by atoms with E-state index in [1.54, 1.807) is 29.4 Å². The summed E-state index contributed by atoms with van der Waals surface area (Å²) >= 11 is 6.05. The highest BCUT2D eigenvalue weighted by molar-refractivity contribution is 7.88. The highest BCUT2D eigenvalue weighted by Crippen LogP contribution is 2.37. The molecule has 1 aromatic heterocycles. The maximum Gasteiger partial charge on any atom is 0.258 e. The second kappa shape index (κ2) is 6.89. The first-order valence-corrected chi connectivity index (χ1v) is 11.1. The highest BCUT2D eigenvalue weighted by atomic mass is 35.5. The Balaban J connectivity index is 1.73. The molecule has 6 nitrogen and oxygen atoms in total. The molecule has 0 spiro atoms. The Labute approximate surface area is 163 Å². The number of carbonyl (C=O) groups is 1. The first-order chi connectivity index (χ1) is 12.8. The first-order valence-electron chi connectivity index (χ1n) is 8.88. The van der Waals surface area contributed by atoms with E-state index in [1.807, 2.05) is 6.07 Å². The minimum atomic E-state index is -3.33. The molecule has 8 heteroatoms. The van der Waals surface area contributed by atoms with Gasteiger partial charge in [-0.1, -0.05) is 11.6 Å². The lowest BCUT2D eigenvalue weighted by atomic mass is 9.88. The molecule has 1 amide bonds. The number of carbonyl (C=O) groups excluding carboxylic acids is 1. The molecule has 2 heterocycles. The maximum atomic E-state index is 13.1. The normalized spacial score (nSPS) is 19.6. The number of sulfonamides is 1. The van der Waals surface area contributed by atoms with Crippen LogP contribution in [0.25, 0.3) is 0 Å². The van der Waals surface area contributed by atoms with Crippen molar-refractivity contribution >= 4 is 33.2 Å². The fraction of sp³-hybridized carbons (Fsp3) is 0.368. The van der Waals surface area contributed by atoms with Gasteiger partial charge in [0.05, 0.1) is 18.1 Å². The van der Waals surface area contributed by atoms with Crippen LogP contribution in [-0.2, 0) is 22.9 Å². The molecule has 4 rings (SSSR count). The first kappa shape index (κ1) is 18.4. The van der Waals surface area contributed by atoms with Crippen LogP contribution in [0.5, 0.6) is 0 Å². The van der Waals surface area contributed by atoms with Gasteiger partial charge < -0.3 is 4.90 Å². The van der Waals surface area contributed by atoms with Gasteiger partial charge in [-0.2, -0.15) is 0 Å². The SMILES string of the molecule is CS(=O)(=O)NC1CCCc2c1cncc2N1CCc2cc(Cl)ccc2C1=O. The largest absolute Gasteiger partial charge is 0.306 e. The Morgan fingerprint density at radius 3 is 2.85 bits per heavy atom. The fourth-order valence-corrected chi connectivity index (χ4v) is 4.96. The molecule has 2 aliphatic rings.